The fourth-order valence-corrected chi connectivity index (χ4v) is 2.35. The summed E-state index contributed by atoms with van der Waals surface area (Å²) >= 11 is 6.06. The van der Waals surface area contributed by atoms with Crippen LogP contribution in [0.25, 0.3) is 0 Å². The Kier molecular flexibility index (Phi) is 2.51. The van der Waals surface area contributed by atoms with Crippen LogP contribution in [-0.2, 0) is 14.2 Å². The lowest BCUT2D eigenvalue weighted by atomic mass is 10.1. The molecule has 4 nitrogen and oxygen atoms in total. The molecule has 2 saturated heterocycles. The van der Waals surface area contributed by atoms with Crippen molar-refractivity contribution in [3.05, 3.63) is 0 Å². The van der Waals surface area contributed by atoms with Crippen LogP contribution in [0.15, 0.2) is 0 Å². The molecule has 2 aliphatic heterocycles. The molecule has 3 atom stereocenters. The molecule has 0 aliphatic carbocycles. The minimum absolute atomic E-state index is 0.00145. The molecule has 2 unspecified atom stereocenters. The van der Waals surface area contributed by atoms with E-state index in [-0.39, 0.29) is 17.5 Å². The first-order valence-corrected chi connectivity index (χ1v) is 4.76. The molecule has 0 aromatic rings. The van der Waals surface area contributed by atoms with Gasteiger partial charge in [-0.1, -0.05) is 0 Å². The summed E-state index contributed by atoms with van der Waals surface area (Å²) in [6.07, 6.45) is 0.00145. The van der Waals surface area contributed by atoms with E-state index in [4.69, 9.17) is 25.8 Å². The van der Waals surface area contributed by atoms with Crippen molar-refractivity contribution in [3.8, 4) is 0 Å². The van der Waals surface area contributed by atoms with E-state index in [1.54, 1.807) is 14.2 Å². The van der Waals surface area contributed by atoms with E-state index in [2.05, 4.69) is 5.32 Å². The van der Waals surface area contributed by atoms with Crippen molar-refractivity contribution in [2.45, 2.75) is 23.3 Å². The molecule has 0 amide bonds. The summed E-state index contributed by atoms with van der Waals surface area (Å²) in [5, 5.41) is 3.27. The second-order valence-electron chi connectivity index (χ2n) is 3.40. The first-order valence-electron chi connectivity index (χ1n) is 4.33. The summed E-state index contributed by atoms with van der Waals surface area (Å²) in [6, 6.07) is 0.0463. The normalized spacial score (nSPS) is 42.2. The number of hydrogen-bond donors (Lipinski definition) is 1. The first kappa shape index (κ1) is 9.68. The van der Waals surface area contributed by atoms with Crippen LogP contribution in [0, 0.1) is 0 Å². The van der Waals surface area contributed by atoms with Crippen LogP contribution in [-0.4, -0.2) is 50.7 Å². The zero-order valence-corrected chi connectivity index (χ0v) is 8.50. The highest BCUT2D eigenvalue weighted by Gasteiger charge is 2.56. The number of halogens is 1. The van der Waals surface area contributed by atoms with Crippen molar-refractivity contribution in [2.24, 2.45) is 0 Å². The topological polar surface area (TPSA) is 39.7 Å². The highest BCUT2D eigenvalue weighted by atomic mass is 35.5. The number of nitrogens with one attached hydrogen (secondary N) is 1. The molecule has 0 aromatic heterocycles. The molecule has 0 spiro atoms. The SMILES string of the molecule is COC1(OC)COC2C1NC[C@H]2Cl. The lowest BCUT2D eigenvalue weighted by molar-refractivity contribution is -0.213. The van der Waals surface area contributed by atoms with Gasteiger partial charge in [0.1, 0.15) is 6.61 Å². The van der Waals surface area contributed by atoms with Crippen molar-refractivity contribution in [1.29, 1.82) is 0 Å². The quantitative estimate of drug-likeness (QED) is 0.509. The monoisotopic (exact) mass is 207 g/mol. The van der Waals surface area contributed by atoms with Gasteiger partial charge in [-0.25, -0.2) is 0 Å². The summed E-state index contributed by atoms with van der Waals surface area (Å²) in [7, 11) is 3.25. The van der Waals surface area contributed by atoms with Gasteiger partial charge in [-0.05, 0) is 0 Å². The van der Waals surface area contributed by atoms with Gasteiger partial charge in [-0.2, -0.15) is 0 Å². The Hall–Kier alpha value is 0.130. The molecule has 2 fully saturated rings. The van der Waals surface area contributed by atoms with Gasteiger partial charge >= 0.3 is 0 Å². The highest BCUT2D eigenvalue weighted by Crippen LogP contribution is 2.35. The van der Waals surface area contributed by atoms with E-state index in [1.807, 2.05) is 0 Å². The van der Waals surface area contributed by atoms with Gasteiger partial charge in [0.2, 0.25) is 5.79 Å². The maximum Gasteiger partial charge on any atom is 0.209 e. The van der Waals surface area contributed by atoms with E-state index in [0.29, 0.717) is 6.61 Å². The fraction of sp³-hybridized carbons (Fsp3) is 1.00. The minimum atomic E-state index is -0.658. The van der Waals surface area contributed by atoms with Crippen LogP contribution in [0.5, 0.6) is 0 Å². The Morgan fingerprint density at radius 2 is 2.15 bits per heavy atom. The van der Waals surface area contributed by atoms with E-state index >= 15 is 0 Å². The van der Waals surface area contributed by atoms with Gasteiger partial charge in [0.25, 0.3) is 0 Å². The molecule has 2 aliphatic rings. The lowest BCUT2D eigenvalue weighted by Crippen LogP contribution is -2.51. The Labute approximate surface area is 82.5 Å². The predicted octanol–water partition coefficient (Wildman–Crippen LogP) is -0.0465. The third kappa shape index (κ3) is 1.28. The number of methoxy groups -OCH3 is 2. The van der Waals surface area contributed by atoms with Crippen LogP contribution >= 0.6 is 11.6 Å². The Morgan fingerprint density at radius 3 is 2.77 bits per heavy atom. The molecular formula is C8H14ClNO3. The second kappa shape index (κ2) is 3.37. The molecular weight excluding hydrogens is 194 g/mol. The Morgan fingerprint density at radius 1 is 1.46 bits per heavy atom. The van der Waals surface area contributed by atoms with Gasteiger partial charge in [-0.15, -0.1) is 11.6 Å². The molecule has 2 rings (SSSR count). The summed E-state index contributed by atoms with van der Waals surface area (Å²) in [4.78, 5) is 0. The Balaban J connectivity index is 2.17. The van der Waals surface area contributed by atoms with Crippen LogP contribution in [0.4, 0.5) is 0 Å². The van der Waals surface area contributed by atoms with E-state index in [0.717, 1.165) is 6.54 Å². The third-order valence-electron chi connectivity index (χ3n) is 2.86. The highest BCUT2D eigenvalue weighted by molar-refractivity contribution is 6.21. The van der Waals surface area contributed by atoms with E-state index in [9.17, 15) is 0 Å². The van der Waals surface area contributed by atoms with Crippen LogP contribution in [0.1, 0.15) is 0 Å². The summed E-state index contributed by atoms with van der Waals surface area (Å²) in [5.41, 5.74) is 0. The maximum atomic E-state index is 6.06. The largest absolute Gasteiger partial charge is 0.369 e. The minimum Gasteiger partial charge on any atom is -0.369 e. The zero-order chi connectivity index (χ0) is 9.47. The zero-order valence-electron chi connectivity index (χ0n) is 7.75. The molecule has 0 aromatic carbocycles. The van der Waals surface area contributed by atoms with Crippen molar-refractivity contribution in [1.82, 2.24) is 5.32 Å². The molecule has 2 heterocycles. The fourth-order valence-electron chi connectivity index (χ4n) is 2.04. The van der Waals surface area contributed by atoms with Gasteiger partial charge in [0.15, 0.2) is 0 Å². The summed E-state index contributed by atoms with van der Waals surface area (Å²) in [6.45, 7) is 1.18. The van der Waals surface area contributed by atoms with Gasteiger partial charge < -0.3 is 19.5 Å². The number of ether oxygens (including phenoxy) is 3. The second-order valence-corrected chi connectivity index (χ2v) is 3.96. The summed E-state index contributed by atoms with van der Waals surface area (Å²) in [5.74, 6) is -0.658. The molecule has 0 bridgehead atoms. The van der Waals surface area contributed by atoms with E-state index < -0.39 is 5.79 Å². The van der Waals surface area contributed by atoms with Crippen molar-refractivity contribution < 1.29 is 14.2 Å². The summed E-state index contributed by atoms with van der Waals surface area (Å²) < 4.78 is 16.2. The number of hydrogen-bond acceptors (Lipinski definition) is 4. The molecule has 76 valence electrons. The van der Waals surface area contributed by atoms with Gasteiger partial charge in [0, 0.05) is 20.8 Å². The smallest absolute Gasteiger partial charge is 0.209 e. The molecule has 0 radical (unpaired) electrons. The van der Waals surface area contributed by atoms with Gasteiger partial charge in [-0.3, -0.25) is 0 Å². The van der Waals surface area contributed by atoms with Crippen molar-refractivity contribution in [3.63, 3.8) is 0 Å². The third-order valence-corrected chi connectivity index (χ3v) is 3.26. The van der Waals surface area contributed by atoms with Crippen molar-refractivity contribution >= 4 is 11.6 Å². The van der Waals surface area contributed by atoms with Crippen LogP contribution < -0.4 is 5.32 Å². The van der Waals surface area contributed by atoms with Crippen LogP contribution in [0.2, 0.25) is 0 Å². The average Bonchev–Trinajstić information content (AvgIpc) is 2.68. The molecule has 5 heteroatoms. The predicted molar refractivity (Wildman–Crippen MR) is 47.9 cm³/mol. The lowest BCUT2D eigenvalue weighted by Gasteiger charge is -2.29. The molecule has 1 N–H and O–H groups in total. The van der Waals surface area contributed by atoms with Gasteiger partial charge in [0.05, 0.1) is 17.5 Å². The van der Waals surface area contributed by atoms with E-state index in [1.165, 1.54) is 0 Å². The number of rotatable bonds is 2. The molecule has 0 saturated carbocycles. The van der Waals surface area contributed by atoms with Crippen LogP contribution in [0.3, 0.4) is 0 Å². The number of fused-ring (bicyclic) bond motifs is 1. The maximum absolute atomic E-state index is 6.06. The molecule has 13 heavy (non-hydrogen) atoms. The average molecular weight is 208 g/mol. The first-order chi connectivity index (χ1) is 6.23. The number of alkyl halides is 1. The van der Waals surface area contributed by atoms with Crippen molar-refractivity contribution in [2.75, 3.05) is 27.4 Å². The Bertz CT molecular complexity index is 198. The standard InChI is InChI=1S/C8H14ClNO3/c1-11-8(12-2)4-13-6-5(9)3-10-7(6)8/h5-7,10H,3-4H2,1-2H3/t5-,6?,7?/m1/s1.